The summed E-state index contributed by atoms with van der Waals surface area (Å²) in [5.74, 6) is -0.207. The molecule has 5 nitrogen and oxygen atoms in total. The number of aryl methyl sites for hydroxylation is 1. The molecule has 2 aromatic carbocycles. The van der Waals surface area contributed by atoms with Gasteiger partial charge in [-0.25, -0.2) is 0 Å². The number of nitrogens with zero attached hydrogens (tertiary/aromatic N) is 1. The zero-order valence-electron chi connectivity index (χ0n) is 16.3. The Kier molecular flexibility index (Phi) is 5.91. The summed E-state index contributed by atoms with van der Waals surface area (Å²) in [4.78, 5) is 15.1. The van der Waals surface area contributed by atoms with Crippen LogP contribution >= 0.6 is 23.8 Å². The Hall–Kier alpha value is -2.57. The molecule has 146 valence electrons. The fourth-order valence-electron chi connectivity index (χ4n) is 3.08. The lowest BCUT2D eigenvalue weighted by Gasteiger charge is -2.30. The molecule has 3 rings (SSSR count). The summed E-state index contributed by atoms with van der Waals surface area (Å²) in [7, 11) is 3.98. The van der Waals surface area contributed by atoms with Crippen molar-refractivity contribution in [2.75, 3.05) is 24.3 Å². The van der Waals surface area contributed by atoms with Gasteiger partial charge >= 0.3 is 0 Å². The fraction of sp³-hybridized carbons (Fsp3) is 0.238. The number of thiocarbonyl (C=S) groups is 1. The number of nitrogens with one attached hydrogen (secondary N) is 3. The zero-order chi connectivity index (χ0) is 20.4. The zero-order valence-corrected chi connectivity index (χ0v) is 17.8. The van der Waals surface area contributed by atoms with Crippen LogP contribution in [0, 0.1) is 6.92 Å². The monoisotopic (exact) mass is 414 g/mol. The summed E-state index contributed by atoms with van der Waals surface area (Å²) in [5, 5.41) is 10.3. The molecular weight excluding hydrogens is 392 g/mol. The molecule has 0 aliphatic carbocycles. The number of carbonyl (C=O) groups excluding carboxylic acids is 1. The Morgan fingerprint density at radius 2 is 1.82 bits per heavy atom. The van der Waals surface area contributed by atoms with Crippen LogP contribution in [0.2, 0.25) is 5.02 Å². The van der Waals surface area contributed by atoms with E-state index in [0.717, 1.165) is 22.5 Å². The van der Waals surface area contributed by atoms with Crippen molar-refractivity contribution in [3.63, 3.8) is 0 Å². The highest BCUT2D eigenvalue weighted by molar-refractivity contribution is 7.80. The van der Waals surface area contributed by atoms with E-state index < -0.39 is 0 Å². The third-order valence-electron chi connectivity index (χ3n) is 4.69. The second kappa shape index (κ2) is 8.20. The third kappa shape index (κ3) is 4.29. The van der Waals surface area contributed by atoms with Crippen LogP contribution in [0.5, 0.6) is 0 Å². The van der Waals surface area contributed by atoms with Crippen molar-refractivity contribution >= 4 is 46.2 Å². The predicted octanol–water partition coefficient (Wildman–Crippen LogP) is 4.15. The lowest BCUT2D eigenvalue weighted by atomic mass is 9.94. The average Bonchev–Trinajstić information content (AvgIpc) is 2.64. The fourth-order valence-corrected chi connectivity index (χ4v) is 3.53. The van der Waals surface area contributed by atoms with Gasteiger partial charge in [-0.2, -0.15) is 0 Å². The van der Waals surface area contributed by atoms with Gasteiger partial charge in [0, 0.05) is 36.2 Å². The van der Waals surface area contributed by atoms with Gasteiger partial charge in [-0.05, 0) is 61.5 Å². The number of benzene rings is 2. The van der Waals surface area contributed by atoms with E-state index in [9.17, 15) is 4.79 Å². The van der Waals surface area contributed by atoms with Crippen LogP contribution in [-0.2, 0) is 4.79 Å². The molecule has 2 aromatic rings. The molecule has 0 saturated carbocycles. The molecule has 0 spiro atoms. The second-order valence-electron chi connectivity index (χ2n) is 6.97. The topological polar surface area (TPSA) is 56.4 Å². The van der Waals surface area contributed by atoms with E-state index in [2.05, 4.69) is 16.0 Å². The number of hydrogen-bond acceptors (Lipinski definition) is 3. The van der Waals surface area contributed by atoms with Gasteiger partial charge in [-0.1, -0.05) is 29.8 Å². The van der Waals surface area contributed by atoms with Crippen LogP contribution in [0.25, 0.3) is 0 Å². The molecule has 7 heteroatoms. The van der Waals surface area contributed by atoms with Crippen molar-refractivity contribution in [3.8, 4) is 0 Å². The quantitative estimate of drug-likeness (QED) is 0.656. The molecule has 1 unspecified atom stereocenters. The minimum Gasteiger partial charge on any atom is -0.378 e. The standard InChI is InChI=1S/C21H23ClN4OS/c1-12-5-8-15(11-17(12)22)24-20(27)18-13(2)23-21(28)25-19(18)14-6-9-16(10-7-14)26(3)4/h5-11,19H,1-4H3,(H,24,27)(H2,23,25,28). The molecular formula is C21H23ClN4OS. The Morgan fingerprint density at radius 1 is 1.14 bits per heavy atom. The second-order valence-corrected chi connectivity index (χ2v) is 7.79. The summed E-state index contributed by atoms with van der Waals surface area (Å²) in [6, 6.07) is 13.2. The van der Waals surface area contributed by atoms with Crippen LogP contribution in [0.3, 0.4) is 0 Å². The van der Waals surface area contributed by atoms with Crippen LogP contribution in [0.15, 0.2) is 53.7 Å². The number of halogens is 1. The van der Waals surface area contributed by atoms with Gasteiger partial charge in [0.15, 0.2) is 5.11 Å². The van der Waals surface area contributed by atoms with E-state index in [1.807, 2.05) is 69.2 Å². The third-order valence-corrected chi connectivity index (χ3v) is 5.31. The Balaban J connectivity index is 1.92. The number of amides is 1. The molecule has 1 aliphatic rings. The van der Waals surface area contributed by atoms with Gasteiger partial charge in [0.25, 0.3) is 5.91 Å². The summed E-state index contributed by atoms with van der Waals surface area (Å²) in [5.41, 5.74) is 4.96. The number of anilines is 2. The molecule has 1 heterocycles. The van der Waals surface area contributed by atoms with E-state index >= 15 is 0 Å². The van der Waals surface area contributed by atoms with Crippen LogP contribution in [0.4, 0.5) is 11.4 Å². The molecule has 1 atom stereocenters. The largest absolute Gasteiger partial charge is 0.378 e. The van der Waals surface area contributed by atoms with E-state index in [4.69, 9.17) is 23.8 Å². The van der Waals surface area contributed by atoms with Crippen molar-refractivity contribution in [1.82, 2.24) is 10.6 Å². The molecule has 0 fully saturated rings. The first kappa shape index (κ1) is 20.2. The number of carbonyl (C=O) groups is 1. The van der Waals surface area contributed by atoms with Crippen molar-refractivity contribution < 1.29 is 4.79 Å². The van der Waals surface area contributed by atoms with E-state index in [1.54, 1.807) is 6.07 Å². The van der Waals surface area contributed by atoms with E-state index in [-0.39, 0.29) is 11.9 Å². The van der Waals surface area contributed by atoms with Gasteiger partial charge in [0.05, 0.1) is 11.6 Å². The maximum Gasteiger partial charge on any atom is 0.255 e. The molecule has 0 radical (unpaired) electrons. The van der Waals surface area contributed by atoms with Crippen molar-refractivity contribution in [3.05, 3.63) is 69.9 Å². The lowest BCUT2D eigenvalue weighted by Crippen LogP contribution is -2.45. The number of rotatable bonds is 4. The maximum absolute atomic E-state index is 13.1. The van der Waals surface area contributed by atoms with Gasteiger partial charge in [-0.15, -0.1) is 0 Å². The van der Waals surface area contributed by atoms with Crippen LogP contribution in [0.1, 0.15) is 24.1 Å². The highest BCUT2D eigenvalue weighted by atomic mass is 35.5. The van der Waals surface area contributed by atoms with Crippen molar-refractivity contribution in [2.45, 2.75) is 19.9 Å². The molecule has 0 bridgehead atoms. The highest BCUT2D eigenvalue weighted by Crippen LogP contribution is 2.29. The van der Waals surface area contributed by atoms with Gasteiger partial charge in [0.2, 0.25) is 0 Å². The molecule has 3 N–H and O–H groups in total. The highest BCUT2D eigenvalue weighted by Gasteiger charge is 2.30. The summed E-state index contributed by atoms with van der Waals surface area (Å²) in [6.45, 7) is 3.77. The number of hydrogen-bond donors (Lipinski definition) is 3. The predicted molar refractivity (Wildman–Crippen MR) is 120 cm³/mol. The summed E-state index contributed by atoms with van der Waals surface area (Å²) < 4.78 is 0. The summed E-state index contributed by atoms with van der Waals surface area (Å²) >= 11 is 11.5. The van der Waals surface area contributed by atoms with Gasteiger partial charge in [0.1, 0.15) is 0 Å². The molecule has 28 heavy (non-hydrogen) atoms. The molecule has 0 aromatic heterocycles. The Bertz CT molecular complexity index is 953. The lowest BCUT2D eigenvalue weighted by molar-refractivity contribution is -0.113. The minimum absolute atomic E-state index is 0.207. The molecule has 0 saturated heterocycles. The van der Waals surface area contributed by atoms with Crippen LogP contribution < -0.4 is 20.9 Å². The smallest absolute Gasteiger partial charge is 0.255 e. The first-order chi connectivity index (χ1) is 13.3. The van der Waals surface area contributed by atoms with Gasteiger partial charge in [-0.3, -0.25) is 4.79 Å². The van der Waals surface area contributed by atoms with E-state index in [0.29, 0.717) is 21.4 Å². The molecule has 1 aliphatic heterocycles. The SMILES string of the molecule is CC1=C(C(=O)Nc2ccc(C)c(Cl)c2)C(c2ccc(N(C)C)cc2)NC(=S)N1. The van der Waals surface area contributed by atoms with E-state index in [1.165, 1.54) is 0 Å². The minimum atomic E-state index is -0.342. The van der Waals surface area contributed by atoms with Crippen molar-refractivity contribution in [1.29, 1.82) is 0 Å². The number of allylic oxidation sites excluding steroid dienone is 1. The molecule has 1 amide bonds. The Labute approximate surface area is 175 Å². The first-order valence-corrected chi connectivity index (χ1v) is 9.68. The van der Waals surface area contributed by atoms with Gasteiger partial charge < -0.3 is 20.9 Å². The summed E-state index contributed by atoms with van der Waals surface area (Å²) in [6.07, 6.45) is 0. The maximum atomic E-state index is 13.1. The first-order valence-electron chi connectivity index (χ1n) is 8.89. The van der Waals surface area contributed by atoms with Crippen molar-refractivity contribution in [2.24, 2.45) is 0 Å². The normalized spacial score (nSPS) is 16.3. The Morgan fingerprint density at radius 3 is 2.43 bits per heavy atom. The van der Waals surface area contributed by atoms with Crippen LogP contribution in [-0.4, -0.2) is 25.1 Å². The average molecular weight is 415 g/mol.